The van der Waals surface area contributed by atoms with E-state index < -0.39 is 17.9 Å². The third kappa shape index (κ3) is 3.65. The van der Waals surface area contributed by atoms with Crippen molar-refractivity contribution in [2.75, 3.05) is 5.32 Å². The summed E-state index contributed by atoms with van der Waals surface area (Å²) in [7, 11) is 0. The van der Waals surface area contributed by atoms with Crippen LogP contribution in [0.3, 0.4) is 0 Å². The van der Waals surface area contributed by atoms with Crippen molar-refractivity contribution in [2.45, 2.75) is 57.8 Å². The van der Waals surface area contributed by atoms with Crippen LogP contribution in [0, 0.1) is 5.92 Å². The van der Waals surface area contributed by atoms with Crippen molar-refractivity contribution in [2.24, 2.45) is 11.7 Å². The molecule has 0 bridgehead atoms. The van der Waals surface area contributed by atoms with E-state index in [1.807, 2.05) is 13.8 Å². The molecule has 7 nitrogen and oxygen atoms in total. The Morgan fingerprint density at radius 1 is 1.24 bits per heavy atom. The number of fused-ring (bicyclic) bond motifs is 1. The number of nitrogens with two attached hydrogens (primary N) is 1. The van der Waals surface area contributed by atoms with E-state index in [9.17, 15) is 9.59 Å². The number of hydrogen-bond acceptors (Lipinski definition) is 4. The zero-order valence-electron chi connectivity index (χ0n) is 14.6. The Morgan fingerprint density at radius 3 is 2.56 bits per heavy atom. The molecule has 0 aromatic heterocycles. The van der Waals surface area contributed by atoms with Crippen molar-refractivity contribution >= 4 is 17.6 Å². The molecule has 3 rings (SSSR count). The molecule has 1 aromatic carbocycles. The Bertz CT molecular complexity index is 670. The number of rotatable bonds is 5. The normalized spacial score (nSPS) is 19.4. The van der Waals surface area contributed by atoms with Gasteiger partial charge in [-0.15, -0.1) is 0 Å². The Balaban J connectivity index is 1.71. The quantitative estimate of drug-likeness (QED) is 0.762. The first-order valence-electron chi connectivity index (χ1n) is 8.81. The van der Waals surface area contributed by atoms with E-state index in [-0.39, 0.29) is 11.8 Å². The fourth-order valence-electron chi connectivity index (χ4n) is 3.36. The van der Waals surface area contributed by atoms with Crippen molar-refractivity contribution in [3.63, 3.8) is 0 Å². The Morgan fingerprint density at radius 2 is 1.92 bits per heavy atom. The highest BCUT2D eigenvalue weighted by Gasteiger charge is 2.44. The molecule has 1 spiro atoms. The van der Waals surface area contributed by atoms with Crippen LogP contribution in [0.4, 0.5) is 10.5 Å². The van der Waals surface area contributed by atoms with Gasteiger partial charge in [-0.1, -0.05) is 20.3 Å². The molecule has 4 N–H and O–H groups in total. The zero-order chi connectivity index (χ0) is 18.0. The molecule has 1 aliphatic heterocycles. The fraction of sp³-hybridized carbons (Fsp3) is 0.556. The van der Waals surface area contributed by atoms with E-state index in [1.54, 1.807) is 18.2 Å². The molecule has 1 fully saturated rings. The van der Waals surface area contributed by atoms with Gasteiger partial charge in [0.05, 0.1) is 0 Å². The summed E-state index contributed by atoms with van der Waals surface area (Å²) >= 11 is 0. The highest BCUT2D eigenvalue weighted by Crippen LogP contribution is 2.47. The van der Waals surface area contributed by atoms with Crippen molar-refractivity contribution in [1.82, 2.24) is 5.32 Å². The fourth-order valence-corrected chi connectivity index (χ4v) is 3.36. The number of anilines is 1. The van der Waals surface area contributed by atoms with Crippen LogP contribution in [0.5, 0.6) is 11.5 Å². The molecule has 1 aromatic rings. The lowest BCUT2D eigenvalue weighted by atomic mass is 9.98. The minimum absolute atomic E-state index is 0.0386. The first kappa shape index (κ1) is 17.4. The first-order chi connectivity index (χ1) is 11.9. The summed E-state index contributed by atoms with van der Waals surface area (Å²) < 4.78 is 12.0. The lowest BCUT2D eigenvalue weighted by Gasteiger charge is -2.22. The van der Waals surface area contributed by atoms with E-state index in [1.165, 1.54) is 0 Å². The maximum absolute atomic E-state index is 12.5. The lowest BCUT2D eigenvalue weighted by Crippen LogP contribution is -2.49. The molecule has 7 heteroatoms. The molecule has 0 unspecified atom stereocenters. The predicted molar refractivity (Wildman–Crippen MR) is 93.5 cm³/mol. The van der Waals surface area contributed by atoms with Gasteiger partial charge < -0.3 is 25.8 Å². The second-order valence-corrected chi connectivity index (χ2v) is 6.84. The lowest BCUT2D eigenvalue weighted by molar-refractivity contribution is -0.119. The van der Waals surface area contributed by atoms with Gasteiger partial charge in [0.1, 0.15) is 6.04 Å². The average molecular weight is 347 g/mol. The maximum Gasteiger partial charge on any atom is 0.312 e. The van der Waals surface area contributed by atoms with Gasteiger partial charge in [0.2, 0.25) is 5.91 Å². The van der Waals surface area contributed by atoms with Crippen molar-refractivity contribution in [1.29, 1.82) is 0 Å². The molecule has 1 saturated carbocycles. The molecule has 2 aliphatic rings. The second kappa shape index (κ2) is 6.82. The standard InChI is InChI=1S/C18H25N3O4/c1-3-11(2)15(21-17(19)23)16(22)20-12-6-7-13-14(10-12)25-18(24-13)8-4-5-9-18/h6-7,10-11,15H,3-5,8-9H2,1-2H3,(H,20,22)(H3,19,21,23)/t11-,15-/m1/s1. The molecular formula is C18H25N3O4. The summed E-state index contributed by atoms with van der Waals surface area (Å²) in [6.07, 6.45) is 4.67. The van der Waals surface area contributed by atoms with Crippen molar-refractivity contribution in [3.8, 4) is 11.5 Å². The van der Waals surface area contributed by atoms with Crippen LogP contribution in [-0.4, -0.2) is 23.8 Å². The molecule has 1 heterocycles. The molecule has 2 atom stereocenters. The number of benzene rings is 1. The average Bonchev–Trinajstić information content (AvgIpc) is 3.17. The molecule has 1 aliphatic carbocycles. The highest BCUT2D eigenvalue weighted by molar-refractivity contribution is 5.97. The minimum Gasteiger partial charge on any atom is -0.448 e. The van der Waals surface area contributed by atoms with Gasteiger partial charge in [0, 0.05) is 24.6 Å². The molecule has 0 saturated heterocycles. The maximum atomic E-state index is 12.5. The van der Waals surface area contributed by atoms with Crippen LogP contribution < -0.4 is 25.8 Å². The summed E-state index contributed by atoms with van der Waals surface area (Å²) in [4.78, 5) is 23.7. The van der Waals surface area contributed by atoms with E-state index >= 15 is 0 Å². The van der Waals surface area contributed by atoms with Gasteiger partial charge in [-0.2, -0.15) is 0 Å². The summed E-state index contributed by atoms with van der Waals surface area (Å²) in [6, 6.07) is 3.94. The Kier molecular flexibility index (Phi) is 4.74. The van der Waals surface area contributed by atoms with Crippen LogP contribution >= 0.6 is 0 Å². The molecule has 0 radical (unpaired) electrons. The number of carbonyl (C=O) groups excluding carboxylic acids is 2. The van der Waals surface area contributed by atoms with Crippen LogP contribution in [0.1, 0.15) is 46.0 Å². The van der Waals surface area contributed by atoms with Gasteiger partial charge in [-0.3, -0.25) is 4.79 Å². The van der Waals surface area contributed by atoms with E-state index in [0.29, 0.717) is 17.2 Å². The number of urea groups is 1. The Labute approximate surface area is 147 Å². The van der Waals surface area contributed by atoms with Gasteiger partial charge >= 0.3 is 6.03 Å². The summed E-state index contributed by atoms with van der Waals surface area (Å²) in [5.41, 5.74) is 5.79. The van der Waals surface area contributed by atoms with E-state index in [0.717, 1.165) is 32.1 Å². The van der Waals surface area contributed by atoms with Gasteiger partial charge in [0.25, 0.3) is 5.79 Å². The minimum atomic E-state index is -0.714. The number of primary amides is 1. The number of ether oxygens (including phenoxy) is 2. The second-order valence-electron chi connectivity index (χ2n) is 6.84. The first-order valence-corrected chi connectivity index (χ1v) is 8.81. The van der Waals surface area contributed by atoms with Crippen molar-refractivity contribution in [3.05, 3.63) is 18.2 Å². The van der Waals surface area contributed by atoms with Gasteiger partial charge in [-0.05, 0) is 30.9 Å². The van der Waals surface area contributed by atoms with Crippen LogP contribution in [0.25, 0.3) is 0 Å². The summed E-state index contributed by atoms with van der Waals surface area (Å²) in [5.74, 6) is 0.472. The molecule has 3 amide bonds. The van der Waals surface area contributed by atoms with Crippen LogP contribution in [-0.2, 0) is 4.79 Å². The zero-order valence-corrected chi connectivity index (χ0v) is 14.6. The monoisotopic (exact) mass is 347 g/mol. The number of carbonyl (C=O) groups is 2. The summed E-state index contributed by atoms with van der Waals surface area (Å²) in [5, 5.41) is 5.34. The molecule has 25 heavy (non-hydrogen) atoms. The van der Waals surface area contributed by atoms with Crippen LogP contribution in [0.15, 0.2) is 18.2 Å². The third-order valence-corrected chi connectivity index (χ3v) is 4.96. The number of amides is 3. The molecular weight excluding hydrogens is 322 g/mol. The largest absolute Gasteiger partial charge is 0.448 e. The molecule has 136 valence electrons. The van der Waals surface area contributed by atoms with E-state index in [4.69, 9.17) is 15.2 Å². The van der Waals surface area contributed by atoms with Gasteiger partial charge in [-0.25, -0.2) is 4.79 Å². The number of hydrogen-bond donors (Lipinski definition) is 3. The van der Waals surface area contributed by atoms with Gasteiger partial charge in [0.15, 0.2) is 11.5 Å². The predicted octanol–water partition coefficient (Wildman–Crippen LogP) is 2.75. The third-order valence-electron chi connectivity index (χ3n) is 4.96. The smallest absolute Gasteiger partial charge is 0.312 e. The summed E-state index contributed by atoms with van der Waals surface area (Å²) in [6.45, 7) is 3.85. The van der Waals surface area contributed by atoms with Crippen molar-refractivity contribution < 1.29 is 19.1 Å². The number of nitrogens with one attached hydrogen (secondary N) is 2. The highest BCUT2D eigenvalue weighted by atomic mass is 16.7. The SMILES string of the molecule is CC[C@@H](C)[C@@H](NC(N)=O)C(=O)Nc1ccc2c(c1)OC1(CCCC1)O2. The topological polar surface area (TPSA) is 103 Å². The Hall–Kier alpha value is -2.44. The van der Waals surface area contributed by atoms with Crippen LogP contribution in [0.2, 0.25) is 0 Å². The van der Waals surface area contributed by atoms with E-state index in [2.05, 4.69) is 10.6 Å².